The Bertz CT molecular complexity index is 1970. The summed E-state index contributed by atoms with van der Waals surface area (Å²) in [6.45, 7) is 6.29. The average Bonchev–Trinajstić information content (AvgIpc) is 3.47. The van der Waals surface area contributed by atoms with E-state index in [4.69, 9.17) is 14.2 Å². The van der Waals surface area contributed by atoms with Gasteiger partial charge in [0, 0.05) is 19.3 Å². The highest BCUT2D eigenvalue weighted by atomic mass is 16.6. The highest BCUT2D eigenvalue weighted by molar-refractivity contribution is 5.71. The van der Waals surface area contributed by atoms with Crippen LogP contribution in [0, 0.1) is 0 Å². The fourth-order valence-electron chi connectivity index (χ4n) is 8.04. The van der Waals surface area contributed by atoms with Crippen LogP contribution >= 0.6 is 0 Å². The molecule has 0 aromatic carbocycles. The fourth-order valence-corrected chi connectivity index (χ4v) is 8.04. The SMILES string of the molecule is CC/C=C\C/C=C\C/C=C\C/C=C\C/C=C\C/C=C\C/C=C\C/C=C\C/C=C\CCCCCC(=O)OCC(COC(=O)CCCCCCC/C=C\CCCCCCC)OC(=O)CC/C=C\C/C=C\C/C=C\C/C=C\C/C=C\C/C=C\CC. The summed E-state index contributed by atoms with van der Waals surface area (Å²) in [5.74, 6) is -1.07. The molecule has 0 amide bonds. The summed E-state index contributed by atoms with van der Waals surface area (Å²) in [6, 6.07) is 0. The first-order valence-corrected chi connectivity index (χ1v) is 32.4. The van der Waals surface area contributed by atoms with E-state index in [-0.39, 0.29) is 31.6 Å². The molecule has 6 nitrogen and oxygen atoms in total. The molecule has 0 aromatic rings. The molecule has 0 saturated heterocycles. The van der Waals surface area contributed by atoms with Gasteiger partial charge in [-0.3, -0.25) is 14.4 Å². The maximum absolute atomic E-state index is 12.9. The topological polar surface area (TPSA) is 78.9 Å². The van der Waals surface area contributed by atoms with Crippen molar-refractivity contribution in [2.45, 2.75) is 252 Å². The van der Waals surface area contributed by atoms with Crippen LogP contribution in [-0.4, -0.2) is 37.2 Å². The van der Waals surface area contributed by atoms with Gasteiger partial charge in [-0.15, -0.1) is 0 Å². The van der Waals surface area contributed by atoms with E-state index in [1.807, 2.05) is 12.2 Å². The maximum atomic E-state index is 12.9. The summed E-state index contributed by atoms with van der Waals surface area (Å²) >= 11 is 0. The van der Waals surface area contributed by atoms with Gasteiger partial charge in [0.05, 0.1) is 0 Å². The molecule has 456 valence electrons. The number of esters is 3. The van der Waals surface area contributed by atoms with Gasteiger partial charge in [-0.25, -0.2) is 0 Å². The molecular formula is C76H116O6. The Morgan fingerprint density at radius 2 is 0.500 bits per heavy atom. The third-order valence-electron chi connectivity index (χ3n) is 12.8. The zero-order valence-corrected chi connectivity index (χ0v) is 52.2. The van der Waals surface area contributed by atoms with Gasteiger partial charge in [0.1, 0.15) is 13.2 Å². The molecule has 0 heterocycles. The summed E-state index contributed by atoms with van der Waals surface area (Å²) < 4.78 is 16.8. The number of hydrogen-bond acceptors (Lipinski definition) is 6. The Hall–Kier alpha value is -5.75. The third-order valence-corrected chi connectivity index (χ3v) is 12.8. The molecule has 0 spiro atoms. The van der Waals surface area contributed by atoms with Gasteiger partial charge in [0.2, 0.25) is 0 Å². The lowest BCUT2D eigenvalue weighted by Gasteiger charge is -2.18. The second kappa shape index (κ2) is 67.8. The van der Waals surface area contributed by atoms with Crippen LogP contribution in [0.25, 0.3) is 0 Å². The van der Waals surface area contributed by atoms with Gasteiger partial charge in [-0.1, -0.05) is 267 Å². The van der Waals surface area contributed by atoms with Crippen LogP contribution in [0.3, 0.4) is 0 Å². The van der Waals surface area contributed by atoms with Gasteiger partial charge in [-0.05, 0) is 154 Å². The highest BCUT2D eigenvalue weighted by Gasteiger charge is 2.19. The number of unbranched alkanes of at least 4 members (excludes halogenated alkanes) is 13. The van der Waals surface area contributed by atoms with E-state index in [2.05, 4.69) is 203 Å². The minimum atomic E-state index is -0.848. The Labute approximate surface area is 503 Å². The second-order valence-electron chi connectivity index (χ2n) is 20.5. The number of rotatable bonds is 56. The Kier molecular flexibility index (Phi) is 63.0. The summed E-state index contributed by atoms with van der Waals surface area (Å²) in [5, 5.41) is 0. The van der Waals surface area contributed by atoms with Gasteiger partial charge in [-0.2, -0.15) is 0 Å². The van der Waals surface area contributed by atoms with Crippen LogP contribution in [0.1, 0.15) is 245 Å². The molecule has 0 rings (SSSR count). The van der Waals surface area contributed by atoms with E-state index >= 15 is 0 Å². The van der Waals surface area contributed by atoms with Crippen molar-refractivity contribution in [3.05, 3.63) is 194 Å². The molecule has 0 bridgehead atoms. The number of carbonyl (C=O) groups is 3. The van der Waals surface area contributed by atoms with E-state index in [0.29, 0.717) is 19.3 Å². The molecule has 1 unspecified atom stereocenters. The smallest absolute Gasteiger partial charge is 0.306 e. The van der Waals surface area contributed by atoms with Crippen molar-refractivity contribution in [2.24, 2.45) is 0 Å². The van der Waals surface area contributed by atoms with Crippen LogP contribution < -0.4 is 0 Å². The molecule has 0 aliphatic carbocycles. The van der Waals surface area contributed by atoms with Crippen molar-refractivity contribution in [3.63, 3.8) is 0 Å². The lowest BCUT2D eigenvalue weighted by molar-refractivity contribution is -0.166. The van der Waals surface area contributed by atoms with Crippen molar-refractivity contribution in [1.82, 2.24) is 0 Å². The predicted octanol–water partition coefficient (Wildman–Crippen LogP) is 22.6. The highest BCUT2D eigenvalue weighted by Crippen LogP contribution is 2.12. The van der Waals surface area contributed by atoms with Gasteiger partial charge in [0.25, 0.3) is 0 Å². The Morgan fingerprint density at radius 1 is 0.256 bits per heavy atom. The molecule has 0 aliphatic rings. The first-order valence-electron chi connectivity index (χ1n) is 32.4. The Morgan fingerprint density at radius 3 is 0.817 bits per heavy atom. The third kappa shape index (κ3) is 65.1. The van der Waals surface area contributed by atoms with Crippen LogP contribution in [0.4, 0.5) is 0 Å². The molecule has 82 heavy (non-hydrogen) atoms. The van der Waals surface area contributed by atoms with Crippen LogP contribution in [0.2, 0.25) is 0 Å². The van der Waals surface area contributed by atoms with E-state index in [1.165, 1.54) is 44.9 Å². The Balaban J connectivity index is 4.53. The average molecular weight is 1130 g/mol. The molecular weight excluding hydrogens is 1010 g/mol. The number of allylic oxidation sites excluding steroid dienone is 32. The van der Waals surface area contributed by atoms with E-state index in [1.54, 1.807) is 0 Å². The molecule has 0 aromatic heterocycles. The molecule has 6 heteroatoms. The largest absolute Gasteiger partial charge is 0.462 e. The molecule has 0 radical (unpaired) electrons. The lowest BCUT2D eigenvalue weighted by Crippen LogP contribution is -2.30. The molecule has 0 N–H and O–H groups in total. The van der Waals surface area contributed by atoms with Crippen molar-refractivity contribution in [2.75, 3.05) is 13.2 Å². The van der Waals surface area contributed by atoms with Crippen molar-refractivity contribution < 1.29 is 28.6 Å². The van der Waals surface area contributed by atoms with Gasteiger partial charge < -0.3 is 14.2 Å². The zero-order valence-electron chi connectivity index (χ0n) is 52.2. The minimum absolute atomic E-state index is 0.133. The maximum Gasteiger partial charge on any atom is 0.306 e. The normalized spacial score (nSPS) is 13.5. The van der Waals surface area contributed by atoms with E-state index in [0.717, 1.165) is 154 Å². The van der Waals surface area contributed by atoms with E-state index in [9.17, 15) is 14.4 Å². The standard InChI is InChI=1S/C76H116O6/c1-4-7-10-13-16-19-22-25-28-30-32-33-34-35-36-37-38-39-40-41-42-43-45-46-48-51-54-57-60-63-66-69-75(78)81-72-73(71-80-74(77)68-65-62-59-56-53-50-27-24-21-18-15-12-9-6-3)82-76(79)70-67-64-61-58-55-52-49-47-44-31-29-26-23-20-17-14-11-8-5-2/h7-8,10-11,16-17,19-20,24-29,32-33,35-36,38-39,41-42,44-47,51-52,54-55,61,64,73H,4-6,9,12-15,18,21-23,30-31,34,37,40,43,48-50,53,56-60,62-63,65-72H2,1-3H3/b10-7-,11-8-,19-16-,20-17-,27-24-,28-25-,29-26-,33-32-,36-35-,39-38-,42-41-,46-45-,47-44-,54-51-,55-52-,64-61-. The van der Waals surface area contributed by atoms with Crippen LogP contribution in [0.5, 0.6) is 0 Å². The van der Waals surface area contributed by atoms with Crippen molar-refractivity contribution >= 4 is 17.9 Å². The molecule has 1 atom stereocenters. The monoisotopic (exact) mass is 1120 g/mol. The van der Waals surface area contributed by atoms with Gasteiger partial charge in [0.15, 0.2) is 6.10 Å². The van der Waals surface area contributed by atoms with Gasteiger partial charge >= 0.3 is 17.9 Å². The zero-order chi connectivity index (χ0) is 59.2. The van der Waals surface area contributed by atoms with Crippen molar-refractivity contribution in [3.8, 4) is 0 Å². The number of carbonyl (C=O) groups excluding carboxylic acids is 3. The fraction of sp³-hybridized carbons (Fsp3) is 0.539. The summed E-state index contributed by atoms with van der Waals surface area (Å²) in [7, 11) is 0. The molecule has 0 aliphatic heterocycles. The van der Waals surface area contributed by atoms with Crippen LogP contribution in [-0.2, 0) is 28.6 Å². The number of ether oxygens (including phenoxy) is 3. The van der Waals surface area contributed by atoms with E-state index < -0.39 is 12.1 Å². The minimum Gasteiger partial charge on any atom is -0.462 e. The summed E-state index contributed by atoms with van der Waals surface area (Å²) in [6.07, 6.45) is 103. The second-order valence-corrected chi connectivity index (χ2v) is 20.5. The number of hydrogen-bond donors (Lipinski definition) is 0. The predicted molar refractivity (Wildman–Crippen MR) is 357 cm³/mol. The summed E-state index contributed by atoms with van der Waals surface area (Å²) in [5.41, 5.74) is 0. The van der Waals surface area contributed by atoms with Crippen molar-refractivity contribution in [1.29, 1.82) is 0 Å². The lowest BCUT2D eigenvalue weighted by atomic mass is 10.1. The van der Waals surface area contributed by atoms with Crippen LogP contribution in [0.15, 0.2) is 194 Å². The quantitative estimate of drug-likeness (QED) is 0.0261. The first-order chi connectivity index (χ1) is 40.5. The first kappa shape index (κ1) is 76.2. The summed E-state index contributed by atoms with van der Waals surface area (Å²) in [4.78, 5) is 38.3. The molecule has 0 saturated carbocycles. The molecule has 0 fully saturated rings.